The smallest absolute Gasteiger partial charge is 0.263 e. The molecule has 0 aliphatic carbocycles. The zero-order valence-corrected chi connectivity index (χ0v) is 18.3. The summed E-state index contributed by atoms with van der Waals surface area (Å²) in [6.07, 6.45) is 3.53. The number of hydrogen-bond acceptors (Lipinski definition) is 5. The standard InChI is InChI=1S/C22H22N4O2S2/c1-16-5-6-18(14-17(16)2)24-15-20-4-3-12-26(20)19-7-9-21(10-8-19)30(27,28)25-22-23-11-13-29-22/h3-14,24H,15H2,1-2H3,(H,23,25). The lowest BCUT2D eigenvalue weighted by Crippen LogP contribution is -2.13. The molecule has 0 saturated heterocycles. The van der Waals surface area contributed by atoms with Gasteiger partial charge in [-0.15, -0.1) is 11.3 Å². The van der Waals surface area contributed by atoms with Gasteiger partial charge in [0.25, 0.3) is 10.0 Å². The second kappa shape index (κ2) is 8.33. The summed E-state index contributed by atoms with van der Waals surface area (Å²) in [5, 5.41) is 5.53. The van der Waals surface area contributed by atoms with Crippen LogP contribution in [0.15, 0.2) is 77.3 Å². The van der Waals surface area contributed by atoms with Gasteiger partial charge in [0.1, 0.15) is 0 Å². The maximum atomic E-state index is 12.5. The molecule has 0 aliphatic rings. The number of sulfonamides is 1. The van der Waals surface area contributed by atoms with Crippen LogP contribution in [0.2, 0.25) is 0 Å². The van der Waals surface area contributed by atoms with Crippen LogP contribution in [-0.2, 0) is 16.6 Å². The Balaban J connectivity index is 1.50. The molecule has 6 nitrogen and oxygen atoms in total. The van der Waals surface area contributed by atoms with Gasteiger partial charge < -0.3 is 9.88 Å². The molecule has 0 unspecified atom stereocenters. The molecule has 0 radical (unpaired) electrons. The Kier molecular flexibility index (Phi) is 5.61. The van der Waals surface area contributed by atoms with Gasteiger partial charge in [0.15, 0.2) is 5.13 Å². The van der Waals surface area contributed by atoms with Gasteiger partial charge in [0.05, 0.1) is 11.4 Å². The third-order valence-corrected chi connectivity index (χ3v) is 7.07. The van der Waals surface area contributed by atoms with Gasteiger partial charge in [-0.25, -0.2) is 13.4 Å². The molecule has 0 spiro atoms. The number of nitrogens with one attached hydrogen (secondary N) is 2. The summed E-state index contributed by atoms with van der Waals surface area (Å²) in [5.41, 5.74) is 5.55. The van der Waals surface area contributed by atoms with Gasteiger partial charge in [-0.1, -0.05) is 6.07 Å². The molecule has 0 saturated carbocycles. The first-order valence-corrected chi connectivity index (χ1v) is 11.8. The monoisotopic (exact) mass is 438 g/mol. The Morgan fingerprint density at radius 2 is 1.83 bits per heavy atom. The van der Waals surface area contributed by atoms with Gasteiger partial charge in [-0.3, -0.25) is 4.72 Å². The van der Waals surface area contributed by atoms with Crippen LogP contribution < -0.4 is 10.0 Å². The van der Waals surface area contributed by atoms with Crippen LogP contribution in [0, 0.1) is 13.8 Å². The number of anilines is 2. The van der Waals surface area contributed by atoms with E-state index < -0.39 is 10.0 Å². The van der Waals surface area contributed by atoms with Crippen LogP contribution in [0.4, 0.5) is 10.8 Å². The Bertz CT molecular complexity index is 1240. The van der Waals surface area contributed by atoms with Crippen molar-refractivity contribution in [3.63, 3.8) is 0 Å². The molecule has 0 atom stereocenters. The highest BCUT2D eigenvalue weighted by Gasteiger charge is 2.15. The average Bonchev–Trinajstić information content (AvgIpc) is 3.40. The predicted octanol–water partition coefficient (Wildman–Crippen LogP) is 4.96. The van der Waals surface area contributed by atoms with Gasteiger partial charge in [-0.05, 0) is 73.5 Å². The van der Waals surface area contributed by atoms with Crippen molar-refractivity contribution < 1.29 is 8.42 Å². The van der Waals surface area contributed by atoms with Gasteiger partial charge in [0, 0.05) is 34.8 Å². The molecule has 2 heterocycles. The topological polar surface area (TPSA) is 76.0 Å². The predicted molar refractivity (Wildman–Crippen MR) is 122 cm³/mol. The van der Waals surface area contributed by atoms with E-state index >= 15 is 0 Å². The van der Waals surface area contributed by atoms with Gasteiger partial charge >= 0.3 is 0 Å². The number of thiazole rings is 1. The average molecular weight is 439 g/mol. The summed E-state index contributed by atoms with van der Waals surface area (Å²) in [5.74, 6) is 0. The zero-order chi connectivity index (χ0) is 21.1. The summed E-state index contributed by atoms with van der Waals surface area (Å²) in [6.45, 7) is 4.85. The SMILES string of the molecule is Cc1ccc(NCc2cccn2-c2ccc(S(=O)(=O)Nc3nccs3)cc2)cc1C. The lowest BCUT2D eigenvalue weighted by atomic mass is 10.1. The zero-order valence-electron chi connectivity index (χ0n) is 16.7. The molecule has 4 aromatic rings. The third-order valence-electron chi connectivity index (χ3n) is 4.89. The number of aryl methyl sites for hydroxylation is 2. The lowest BCUT2D eigenvalue weighted by molar-refractivity contribution is 0.601. The molecule has 30 heavy (non-hydrogen) atoms. The molecule has 2 aromatic carbocycles. The fraction of sp³-hybridized carbons (Fsp3) is 0.136. The van der Waals surface area contributed by atoms with Crippen molar-refractivity contribution in [3.8, 4) is 5.69 Å². The van der Waals surface area contributed by atoms with Gasteiger partial charge in [0.2, 0.25) is 0 Å². The molecule has 4 rings (SSSR count). The van der Waals surface area contributed by atoms with E-state index in [9.17, 15) is 8.42 Å². The van der Waals surface area contributed by atoms with E-state index in [-0.39, 0.29) is 4.90 Å². The molecule has 0 fully saturated rings. The fourth-order valence-electron chi connectivity index (χ4n) is 3.09. The van der Waals surface area contributed by atoms with Crippen LogP contribution in [-0.4, -0.2) is 18.0 Å². The van der Waals surface area contributed by atoms with Crippen LogP contribution in [0.3, 0.4) is 0 Å². The minimum atomic E-state index is -3.66. The Morgan fingerprint density at radius 1 is 1.03 bits per heavy atom. The molecule has 2 aromatic heterocycles. The van der Waals surface area contributed by atoms with Crippen LogP contribution in [0.25, 0.3) is 5.69 Å². The largest absolute Gasteiger partial charge is 0.379 e. The summed E-state index contributed by atoms with van der Waals surface area (Å²) >= 11 is 1.24. The first-order chi connectivity index (χ1) is 14.4. The highest BCUT2D eigenvalue weighted by Crippen LogP contribution is 2.21. The first kappa shape index (κ1) is 20.2. The summed E-state index contributed by atoms with van der Waals surface area (Å²) in [6, 6.07) is 17.1. The molecule has 0 bridgehead atoms. The quantitative estimate of drug-likeness (QED) is 0.427. The van der Waals surface area contributed by atoms with E-state index in [2.05, 4.69) is 47.1 Å². The Morgan fingerprint density at radius 3 is 2.53 bits per heavy atom. The Labute approximate surface area is 180 Å². The fourth-order valence-corrected chi connectivity index (χ4v) is 4.88. The summed E-state index contributed by atoms with van der Waals surface area (Å²) < 4.78 is 29.6. The lowest BCUT2D eigenvalue weighted by Gasteiger charge is -2.13. The molecular weight excluding hydrogens is 416 g/mol. The highest BCUT2D eigenvalue weighted by molar-refractivity contribution is 7.93. The van der Waals surface area contributed by atoms with Crippen LogP contribution >= 0.6 is 11.3 Å². The highest BCUT2D eigenvalue weighted by atomic mass is 32.2. The van der Waals surface area contributed by atoms with E-state index in [1.54, 1.807) is 35.8 Å². The van der Waals surface area contributed by atoms with Crippen LogP contribution in [0.1, 0.15) is 16.8 Å². The molecular formula is C22H22N4O2S2. The second-order valence-corrected chi connectivity index (χ2v) is 9.54. The van der Waals surface area contributed by atoms with E-state index in [0.29, 0.717) is 11.7 Å². The Hall–Kier alpha value is -3.10. The summed E-state index contributed by atoms with van der Waals surface area (Å²) in [4.78, 5) is 4.17. The number of hydrogen-bond donors (Lipinski definition) is 2. The van der Waals surface area contributed by atoms with Crippen molar-refractivity contribution in [2.24, 2.45) is 0 Å². The van der Waals surface area contributed by atoms with Gasteiger partial charge in [-0.2, -0.15) is 0 Å². The van der Waals surface area contributed by atoms with E-state index in [1.165, 1.54) is 22.5 Å². The van der Waals surface area contributed by atoms with E-state index in [1.807, 2.05) is 22.9 Å². The van der Waals surface area contributed by atoms with Crippen molar-refractivity contribution >= 4 is 32.2 Å². The van der Waals surface area contributed by atoms with Crippen molar-refractivity contribution in [2.45, 2.75) is 25.3 Å². The second-order valence-electron chi connectivity index (χ2n) is 6.96. The van der Waals surface area contributed by atoms with E-state index in [4.69, 9.17) is 0 Å². The molecule has 8 heteroatoms. The number of benzene rings is 2. The minimum absolute atomic E-state index is 0.198. The van der Waals surface area contributed by atoms with Crippen molar-refractivity contribution in [1.29, 1.82) is 0 Å². The molecule has 0 amide bonds. The molecule has 154 valence electrons. The minimum Gasteiger partial charge on any atom is -0.379 e. The number of aromatic nitrogens is 2. The third kappa shape index (κ3) is 4.39. The van der Waals surface area contributed by atoms with Crippen LogP contribution in [0.5, 0.6) is 0 Å². The summed E-state index contributed by atoms with van der Waals surface area (Å²) in [7, 11) is -3.66. The first-order valence-electron chi connectivity index (χ1n) is 9.42. The maximum absolute atomic E-state index is 12.5. The van der Waals surface area contributed by atoms with Crippen molar-refractivity contribution in [3.05, 3.63) is 89.2 Å². The van der Waals surface area contributed by atoms with E-state index in [0.717, 1.165) is 17.1 Å². The normalized spacial score (nSPS) is 11.4. The molecule has 2 N–H and O–H groups in total. The maximum Gasteiger partial charge on any atom is 0.263 e. The molecule has 0 aliphatic heterocycles. The number of nitrogens with zero attached hydrogens (tertiary/aromatic N) is 2. The van der Waals surface area contributed by atoms with Crippen molar-refractivity contribution in [2.75, 3.05) is 10.0 Å². The number of rotatable bonds is 7. The van der Waals surface area contributed by atoms with Crippen molar-refractivity contribution in [1.82, 2.24) is 9.55 Å².